The van der Waals surface area contributed by atoms with E-state index in [4.69, 9.17) is 9.47 Å². The minimum absolute atomic E-state index is 0.0353. The van der Waals surface area contributed by atoms with Crippen LogP contribution in [0.5, 0.6) is 0 Å². The smallest absolute Gasteiger partial charge is 0.408 e. The van der Waals surface area contributed by atoms with Crippen molar-refractivity contribution in [2.45, 2.75) is 45.4 Å². The highest BCUT2D eigenvalue weighted by molar-refractivity contribution is 14.1. The van der Waals surface area contributed by atoms with Gasteiger partial charge >= 0.3 is 12.1 Å². The van der Waals surface area contributed by atoms with Crippen LogP contribution in [0.25, 0.3) is 0 Å². The standard InChI is InChI=1S/C11H18INO4/c1-6-7(5-12)16-9(14)8(6)13-10(15)17-11(2,3)4/h6-8H,5H2,1-4H3,(H,13,15)/t6-,7+,8-/m0/s1. The molecule has 1 amide bonds. The average molecular weight is 355 g/mol. The largest absolute Gasteiger partial charge is 0.460 e. The number of carbonyl (C=O) groups is 2. The summed E-state index contributed by atoms with van der Waals surface area (Å²) >= 11 is 2.16. The highest BCUT2D eigenvalue weighted by Gasteiger charge is 2.42. The second kappa shape index (κ2) is 5.41. The lowest BCUT2D eigenvalue weighted by molar-refractivity contribution is -0.142. The van der Waals surface area contributed by atoms with Gasteiger partial charge in [0.05, 0.1) is 0 Å². The fourth-order valence-electron chi connectivity index (χ4n) is 1.56. The fourth-order valence-corrected chi connectivity index (χ4v) is 2.54. The molecule has 1 fully saturated rings. The van der Waals surface area contributed by atoms with Gasteiger partial charge in [0.25, 0.3) is 0 Å². The number of hydrogen-bond donors (Lipinski definition) is 1. The van der Waals surface area contributed by atoms with Gasteiger partial charge in [0.2, 0.25) is 0 Å². The fraction of sp³-hybridized carbons (Fsp3) is 0.818. The van der Waals surface area contributed by atoms with E-state index in [1.165, 1.54) is 0 Å². The lowest BCUT2D eigenvalue weighted by Crippen LogP contribution is -2.44. The molecule has 0 aromatic heterocycles. The summed E-state index contributed by atoms with van der Waals surface area (Å²) in [6, 6.07) is -0.607. The molecule has 17 heavy (non-hydrogen) atoms. The van der Waals surface area contributed by atoms with Crippen molar-refractivity contribution >= 4 is 34.7 Å². The van der Waals surface area contributed by atoms with Crippen molar-refractivity contribution in [2.24, 2.45) is 5.92 Å². The topological polar surface area (TPSA) is 64.6 Å². The first kappa shape index (κ1) is 14.5. The van der Waals surface area contributed by atoms with Crippen LogP contribution >= 0.6 is 22.6 Å². The molecule has 1 aliphatic heterocycles. The maximum atomic E-state index is 11.6. The van der Waals surface area contributed by atoms with Crippen LogP contribution in [-0.2, 0) is 14.3 Å². The number of alkyl carbamates (subject to hydrolysis) is 1. The van der Waals surface area contributed by atoms with Crippen molar-refractivity contribution in [3.63, 3.8) is 0 Å². The van der Waals surface area contributed by atoms with Crippen LogP contribution in [0.15, 0.2) is 0 Å². The number of halogens is 1. The van der Waals surface area contributed by atoms with Crippen LogP contribution < -0.4 is 5.32 Å². The molecule has 1 N–H and O–H groups in total. The van der Waals surface area contributed by atoms with Crippen molar-refractivity contribution in [3.8, 4) is 0 Å². The maximum Gasteiger partial charge on any atom is 0.408 e. The lowest BCUT2D eigenvalue weighted by atomic mass is 10.0. The van der Waals surface area contributed by atoms with Gasteiger partial charge in [-0.25, -0.2) is 9.59 Å². The Labute approximate surface area is 115 Å². The molecule has 6 heteroatoms. The van der Waals surface area contributed by atoms with E-state index in [1.54, 1.807) is 20.8 Å². The van der Waals surface area contributed by atoms with Gasteiger partial charge in [-0.3, -0.25) is 0 Å². The van der Waals surface area contributed by atoms with E-state index in [2.05, 4.69) is 27.9 Å². The molecule has 1 rings (SSSR count). The second-order valence-electron chi connectivity index (χ2n) is 5.11. The molecular formula is C11H18INO4. The maximum absolute atomic E-state index is 11.6. The third-order valence-electron chi connectivity index (χ3n) is 2.46. The number of carbonyl (C=O) groups excluding carboxylic acids is 2. The van der Waals surface area contributed by atoms with E-state index in [0.29, 0.717) is 0 Å². The molecule has 1 aliphatic rings. The Balaban J connectivity index is 2.57. The minimum Gasteiger partial charge on any atom is -0.460 e. The van der Waals surface area contributed by atoms with Crippen LogP contribution in [0.3, 0.4) is 0 Å². The van der Waals surface area contributed by atoms with Gasteiger partial charge in [0.1, 0.15) is 17.7 Å². The lowest BCUT2D eigenvalue weighted by Gasteiger charge is -2.22. The summed E-state index contributed by atoms with van der Waals surface area (Å²) in [5.41, 5.74) is -0.571. The van der Waals surface area contributed by atoms with Gasteiger partial charge in [-0.15, -0.1) is 0 Å². The first-order chi connectivity index (χ1) is 7.74. The predicted molar refractivity (Wildman–Crippen MR) is 71.1 cm³/mol. The van der Waals surface area contributed by atoms with E-state index >= 15 is 0 Å². The Morgan fingerprint density at radius 2 is 2.12 bits per heavy atom. The van der Waals surface area contributed by atoms with Crippen molar-refractivity contribution in [2.75, 3.05) is 4.43 Å². The Morgan fingerprint density at radius 1 is 1.53 bits per heavy atom. The van der Waals surface area contributed by atoms with E-state index in [0.717, 1.165) is 4.43 Å². The normalized spacial score (nSPS) is 28.8. The first-order valence-corrected chi connectivity index (χ1v) is 7.03. The van der Waals surface area contributed by atoms with E-state index < -0.39 is 17.7 Å². The van der Waals surface area contributed by atoms with Crippen LogP contribution in [0.4, 0.5) is 4.79 Å². The van der Waals surface area contributed by atoms with Crippen LogP contribution in [0, 0.1) is 5.92 Å². The molecule has 3 atom stereocenters. The van der Waals surface area contributed by atoms with Crippen LogP contribution in [-0.4, -0.2) is 34.2 Å². The van der Waals surface area contributed by atoms with Gasteiger partial charge in [0.15, 0.2) is 0 Å². The number of hydrogen-bond acceptors (Lipinski definition) is 4. The Morgan fingerprint density at radius 3 is 2.53 bits per heavy atom. The molecule has 0 aromatic rings. The molecule has 1 heterocycles. The second-order valence-corrected chi connectivity index (χ2v) is 5.99. The summed E-state index contributed by atoms with van der Waals surface area (Å²) in [6.07, 6.45) is -0.719. The monoisotopic (exact) mass is 355 g/mol. The SMILES string of the molecule is C[C@@H]1[C@H](NC(=O)OC(C)(C)C)C(=O)O[C@@H]1CI. The molecule has 0 aromatic carbocycles. The highest BCUT2D eigenvalue weighted by atomic mass is 127. The summed E-state index contributed by atoms with van der Waals surface area (Å²) in [6.45, 7) is 7.21. The van der Waals surface area contributed by atoms with Gasteiger partial charge in [-0.1, -0.05) is 29.5 Å². The molecule has 0 radical (unpaired) electrons. The zero-order valence-electron chi connectivity index (χ0n) is 10.5. The Kier molecular flexibility index (Phi) is 4.62. The average Bonchev–Trinajstić information content (AvgIpc) is 2.42. The molecule has 0 bridgehead atoms. The zero-order chi connectivity index (χ0) is 13.2. The molecule has 0 spiro atoms. The number of ether oxygens (including phenoxy) is 2. The number of alkyl halides is 1. The zero-order valence-corrected chi connectivity index (χ0v) is 12.6. The number of nitrogens with one attached hydrogen (secondary N) is 1. The van der Waals surface area contributed by atoms with Crippen molar-refractivity contribution in [1.29, 1.82) is 0 Å². The predicted octanol–water partition coefficient (Wildman–Crippen LogP) is 1.88. The van der Waals surface area contributed by atoms with Gasteiger partial charge in [-0.05, 0) is 20.8 Å². The molecule has 98 valence electrons. The van der Waals surface area contributed by atoms with Gasteiger partial charge in [0, 0.05) is 10.3 Å². The number of cyclic esters (lactones) is 1. The third kappa shape index (κ3) is 4.01. The first-order valence-electron chi connectivity index (χ1n) is 5.50. The Bertz CT molecular complexity index is 313. The molecule has 5 nitrogen and oxygen atoms in total. The minimum atomic E-state index is -0.607. The summed E-state index contributed by atoms with van der Waals surface area (Å²) in [4.78, 5) is 23.1. The van der Waals surface area contributed by atoms with Crippen molar-refractivity contribution in [3.05, 3.63) is 0 Å². The van der Waals surface area contributed by atoms with Crippen LogP contribution in [0.1, 0.15) is 27.7 Å². The van der Waals surface area contributed by atoms with Gasteiger partial charge < -0.3 is 14.8 Å². The van der Waals surface area contributed by atoms with E-state index in [-0.39, 0.29) is 18.0 Å². The summed E-state index contributed by atoms with van der Waals surface area (Å²) in [7, 11) is 0. The summed E-state index contributed by atoms with van der Waals surface area (Å²) < 4.78 is 11.0. The summed E-state index contributed by atoms with van der Waals surface area (Å²) in [5.74, 6) is -0.419. The highest BCUT2D eigenvalue weighted by Crippen LogP contribution is 2.24. The quantitative estimate of drug-likeness (QED) is 0.467. The summed E-state index contributed by atoms with van der Waals surface area (Å²) in [5, 5.41) is 2.56. The van der Waals surface area contributed by atoms with Crippen molar-refractivity contribution in [1.82, 2.24) is 5.32 Å². The Hall–Kier alpha value is -0.530. The van der Waals surface area contributed by atoms with E-state index in [1.807, 2.05) is 6.92 Å². The third-order valence-corrected chi connectivity index (χ3v) is 3.33. The van der Waals surface area contributed by atoms with E-state index in [9.17, 15) is 9.59 Å². The molecule has 0 unspecified atom stereocenters. The molecule has 0 aliphatic carbocycles. The number of amides is 1. The molecule has 1 saturated heterocycles. The van der Waals surface area contributed by atoms with Crippen molar-refractivity contribution < 1.29 is 19.1 Å². The number of esters is 1. The number of rotatable bonds is 2. The van der Waals surface area contributed by atoms with Crippen LogP contribution in [0.2, 0.25) is 0 Å². The molecular weight excluding hydrogens is 337 g/mol. The van der Waals surface area contributed by atoms with Gasteiger partial charge in [-0.2, -0.15) is 0 Å². The molecule has 0 saturated carbocycles.